The van der Waals surface area contributed by atoms with Gasteiger partial charge in [0.15, 0.2) is 5.13 Å². The van der Waals surface area contributed by atoms with Crippen molar-refractivity contribution in [3.8, 4) is 0 Å². The maximum Gasteiger partial charge on any atom is 0.190 e. The van der Waals surface area contributed by atoms with Crippen molar-refractivity contribution in [3.05, 3.63) is 39.9 Å². The van der Waals surface area contributed by atoms with Crippen LogP contribution in [0.4, 0.5) is 10.8 Å². The lowest BCUT2D eigenvalue weighted by Crippen LogP contribution is -2.16. The van der Waals surface area contributed by atoms with Crippen molar-refractivity contribution in [1.82, 2.24) is 4.98 Å². The topological polar surface area (TPSA) is 42.2 Å². The smallest absolute Gasteiger partial charge is 0.190 e. The molecule has 0 aliphatic carbocycles. The van der Waals surface area contributed by atoms with Gasteiger partial charge >= 0.3 is 0 Å². The monoisotopic (exact) mass is 303 g/mol. The van der Waals surface area contributed by atoms with Crippen LogP contribution in [-0.2, 0) is 12.0 Å². The number of aromatic nitrogens is 1. The minimum atomic E-state index is 0.0205. The molecule has 2 N–H and O–H groups in total. The molecule has 0 saturated carbocycles. The molecule has 2 rings (SSSR count). The molecule has 4 heteroatoms. The van der Waals surface area contributed by atoms with Gasteiger partial charge in [-0.3, -0.25) is 0 Å². The summed E-state index contributed by atoms with van der Waals surface area (Å²) in [6.45, 7) is 11.3. The molecule has 2 aromatic rings. The van der Waals surface area contributed by atoms with Crippen LogP contribution in [0.3, 0.4) is 0 Å². The number of benzene rings is 1. The van der Waals surface area contributed by atoms with Gasteiger partial charge in [0.1, 0.15) is 0 Å². The fraction of sp³-hybridized carbons (Fsp3) is 0.471. The lowest BCUT2D eigenvalue weighted by atomic mass is 9.91. The molecule has 0 atom stereocenters. The summed E-state index contributed by atoms with van der Waals surface area (Å²) in [6.07, 6.45) is 0. The van der Waals surface area contributed by atoms with Gasteiger partial charge in [-0.1, -0.05) is 49.8 Å². The Morgan fingerprint density at radius 2 is 1.90 bits per heavy atom. The second-order valence-electron chi connectivity index (χ2n) is 6.57. The van der Waals surface area contributed by atoms with Crippen LogP contribution in [0, 0.1) is 13.8 Å². The van der Waals surface area contributed by atoms with E-state index in [0.29, 0.717) is 6.54 Å². The summed E-state index contributed by atoms with van der Waals surface area (Å²) in [4.78, 5) is 8.19. The Labute approximate surface area is 131 Å². The van der Waals surface area contributed by atoms with Crippen molar-refractivity contribution in [3.63, 3.8) is 0 Å². The van der Waals surface area contributed by atoms with Gasteiger partial charge in [-0.2, -0.15) is 0 Å². The first kappa shape index (κ1) is 16.0. The molecule has 1 aromatic heterocycles. The fourth-order valence-corrected chi connectivity index (χ4v) is 3.62. The van der Waals surface area contributed by atoms with Crippen molar-refractivity contribution in [1.29, 1.82) is 0 Å². The zero-order valence-electron chi connectivity index (χ0n) is 13.8. The van der Waals surface area contributed by atoms with E-state index in [4.69, 9.17) is 10.7 Å². The number of nitrogens with zero attached hydrogens (tertiary/aromatic N) is 2. The van der Waals surface area contributed by atoms with Gasteiger partial charge in [0, 0.05) is 29.6 Å². The second kappa shape index (κ2) is 5.78. The number of rotatable bonds is 3. The Hall–Kier alpha value is -1.39. The summed E-state index contributed by atoms with van der Waals surface area (Å²) in [5, 5.41) is 1.01. The van der Waals surface area contributed by atoms with E-state index in [1.54, 1.807) is 11.3 Å². The number of thiazole rings is 1. The first-order valence-corrected chi connectivity index (χ1v) is 8.07. The van der Waals surface area contributed by atoms with Crippen molar-refractivity contribution in [2.75, 3.05) is 11.9 Å². The molecule has 0 spiro atoms. The number of hydrogen-bond acceptors (Lipinski definition) is 4. The molecule has 3 nitrogen and oxygen atoms in total. The van der Waals surface area contributed by atoms with E-state index >= 15 is 0 Å². The van der Waals surface area contributed by atoms with E-state index in [1.165, 1.54) is 21.7 Å². The maximum absolute atomic E-state index is 5.90. The molecule has 0 unspecified atom stereocenters. The maximum atomic E-state index is 5.90. The van der Waals surface area contributed by atoms with Crippen LogP contribution in [0.15, 0.2) is 18.2 Å². The Bertz CT molecular complexity index is 638. The van der Waals surface area contributed by atoms with Crippen molar-refractivity contribution < 1.29 is 0 Å². The molecule has 114 valence electrons. The molecule has 1 aromatic carbocycles. The number of aryl methyl sites for hydroxylation is 2. The summed E-state index contributed by atoms with van der Waals surface area (Å²) >= 11 is 1.69. The standard InChI is InChI=1S/C17H25N3S/c1-11-7-8-13(12(2)9-11)20(6)16-19-15(17(3,4)5)14(10-18)21-16/h7-9H,10,18H2,1-6H3. The molecule has 0 amide bonds. The highest BCUT2D eigenvalue weighted by Gasteiger charge is 2.24. The highest BCUT2D eigenvalue weighted by atomic mass is 32.1. The normalized spacial score (nSPS) is 11.8. The molecule has 0 fully saturated rings. The fourth-order valence-electron chi connectivity index (χ4n) is 2.49. The van der Waals surface area contributed by atoms with Crippen LogP contribution in [0.25, 0.3) is 0 Å². The van der Waals surface area contributed by atoms with Gasteiger partial charge < -0.3 is 10.6 Å². The summed E-state index contributed by atoms with van der Waals surface area (Å²) < 4.78 is 0. The van der Waals surface area contributed by atoms with Gasteiger partial charge in [0.05, 0.1) is 5.69 Å². The molecule has 0 aliphatic heterocycles. The van der Waals surface area contributed by atoms with Gasteiger partial charge in [0.25, 0.3) is 0 Å². The van der Waals surface area contributed by atoms with Crippen LogP contribution in [0.1, 0.15) is 42.5 Å². The molecule has 0 aliphatic rings. The first-order valence-electron chi connectivity index (χ1n) is 7.25. The summed E-state index contributed by atoms with van der Waals surface area (Å²) in [5.74, 6) is 0. The predicted molar refractivity (Wildman–Crippen MR) is 92.7 cm³/mol. The predicted octanol–water partition coefficient (Wildman–Crippen LogP) is 4.28. The quantitative estimate of drug-likeness (QED) is 0.920. The van der Waals surface area contributed by atoms with Crippen LogP contribution < -0.4 is 10.6 Å². The minimum Gasteiger partial charge on any atom is -0.326 e. The lowest BCUT2D eigenvalue weighted by molar-refractivity contribution is 0.566. The first-order chi connectivity index (χ1) is 9.74. The average molecular weight is 303 g/mol. The van der Waals surface area contributed by atoms with E-state index < -0.39 is 0 Å². The Kier molecular flexibility index (Phi) is 4.40. The molecule has 21 heavy (non-hydrogen) atoms. The molecular formula is C17H25N3S. The van der Waals surface area contributed by atoms with Crippen molar-refractivity contribution in [2.45, 2.75) is 46.6 Å². The Morgan fingerprint density at radius 1 is 1.24 bits per heavy atom. The van der Waals surface area contributed by atoms with E-state index in [0.717, 1.165) is 10.8 Å². The molecule has 0 bridgehead atoms. The van der Waals surface area contributed by atoms with Gasteiger partial charge in [-0.15, -0.1) is 0 Å². The molecule has 0 radical (unpaired) electrons. The third-order valence-corrected chi connectivity index (χ3v) is 4.74. The highest BCUT2D eigenvalue weighted by molar-refractivity contribution is 7.15. The molecule has 0 saturated heterocycles. The van der Waals surface area contributed by atoms with Crippen molar-refractivity contribution >= 4 is 22.2 Å². The van der Waals surface area contributed by atoms with Gasteiger partial charge in [-0.25, -0.2) is 4.98 Å². The largest absolute Gasteiger partial charge is 0.326 e. The van der Waals surface area contributed by atoms with Crippen LogP contribution in [-0.4, -0.2) is 12.0 Å². The van der Waals surface area contributed by atoms with Crippen LogP contribution in [0.5, 0.6) is 0 Å². The summed E-state index contributed by atoms with van der Waals surface area (Å²) in [5.41, 5.74) is 10.8. The SMILES string of the molecule is Cc1ccc(N(C)c2nc(C(C)(C)C)c(CN)s2)c(C)c1. The van der Waals surface area contributed by atoms with Crippen molar-refractivity contribution in [2.24, 2.45) is 5.73 Å². The van der Waals surface area contributed by atoms with Crippen LogP contribution in [0.2, 0.25) is 0 Å². The van der Waals surface area contributed by atoms with E-state index in [2.05, 4.69) is 64.8 Å². The highest BCUT2D eigenvalue weighted by Crippen LogP contribution is 2.36. The number of nitrogens with two attached hydrogens (primary N) is 1. The van der Waals surface area contributed by atoms with Gasteiger partial charge in [-0.05, 0) is 25.5 Å². The average Bonchev–Trinajstić information content (AvgIpc) is 2.82. The zero-order valence-corrected chi connectivity index (χ0v) is 14.6. The Balaban J connectivity index is 2.44. The Morgan fingerprint density at radius 3 is 2.38 bits per heavy atom. The zero-order chi connectivity index (χ0) is 15.8. The number of hydrogen-bond donors (Lipinski definition) is 1. The van der Waals surface area contributed by atoms with Crippen LogP contribution >= 0.6 is 11.3 Å². The third kappa shape index (κ3) is 3.27. The minimum absolute atomic E-state index is 0.0205. The molecule has 1 heterocycles. The third-order valence-electron chi connectivity index (χ3n) is 3.58. The second-order valence-corrected chi connectivity index (χ2v) is 7.63. The summed E-state index contributed by atoms with van der Waals surface area (Å²) in [6, 6.07) is 6.50. The van der Waals surface area contributed by atoms with E-state index in [9.17, 15) is 0 Å². The molecular weight excluding hydrogens is 278 g/mol. The summed E-state index contributed by atoms with van der Waals surface area (Å²) in [7, 11) is 2.07. The number of anilines is 2. The van der Waals surface area contributed by atoms with E-state index in [-0.39, 0.29) is 5.41 Å². The van der Waals surface area contributed by atoms with E-state index in [1.807, 2.05) is 0 Å². The lowest BCUT2D eigenvalue weighted by Gasteiger charge is -2.20. The van der Waals surface area contributed by atoms with Gasteiger partial charge in [0.2, 0.25) is 0 Å².